The molecular formula is C5H6BrCl2NS. The lowest BCUT2D eigenvalue weighted by Gasteiger charge is -1.80. The van der Waals surface area contributed by atoms with Crippen LogP contribution in [0.5, 0.6) is 0 Å². The highest BCUT2D eigenvalue weighted by atomic mass is 79.9. The Morgan fingerprint density at radius 2 is 2.30 bits per heavy atom. The highest BCUT2D eigenvalue weighted by molar-refractivity contribution is 9.10. The minimum Gasteiger partial charge on any atom is -0.326 e. The molecule has 2 N–H and O–H groups in total. The van der Waals surface area contributed by atoms with Gasteiger partial charge in [-0.25, -0.2) is 0 Å². The molecule has 0 aromatic carbocycles. The van der Waals surface area contributed by atoms with Gasteiger partial charge in [-0.05, 0) is 22.0 Å². The van der Waals surface area contributed by atoms with Crippen molar-refractivity contribution in [3.05, 3.63) is 19.8 Å². The van der Waals surface area contributed by atoms with Crippen LogP contribution in [0.15, 0.2) is 10.5 Å². The van der Waals surface area contributed by atoms with Gasteiger partial charge in [0, 0.05) is 15.9 Å². The van der Waals surface area contributed by atoms with E-state index in [0.29, 0.717) is 6.54 Å². The van der Waals surface area contributed by atoms with Gasteiger partial charge in [-0.3, -0.25) is 0 Å². The largest absolute Gasteiger partial charge is 0.326 e. The summed E-state index contributed by atoms with van der Waals surface area (Å²) in [5.74, 6) is 0. The van der Waals surface area contributed by atoms with E-state index in [1.165, 1.54) is 11.3 Å². The SMILES string of the molecule is Cl.NCc1cc(Br)c(Cl)s1. The van der Waals surface area contributed by atoms with Gasteiger partial charge in [0.1, 0.15) is 4.34 Å². The maximum absolute atomic E-state index is 5.72. The molecule has 0 radical (unpaired) electrons. The van der Waals surface area contributed by atoms with E-state index in [4.69, 9.17) is 17.3 Å². The van der Waals surface area contributed by atoms with E-state index in [0.717, 1.165) is 13.7 Å². The van der Waals surface area contributed by atoms with Crippen LogP contribution in [0.25, 0.3) is 0 Å². The summed E-state index contributed by atoms with van der Waals surface area (Å²) in [5, 5.41) is 0. The standard InChI is InChI=1S/C5H5BrClNS.ClH/c6-4-1-3(2-8)9-5(4)7;/h1H,2,8H2;1H. The van der Waals surface area contributed by atoms with Crippen molar-refractivity contribution in [2.75, 3.05) is 0 Å². The minimum atomic E-state index is 0. The van der Waals surface area contributed by atoms with Crippen molar-refractivity contribution >= 4 is 51.3 Å². The normalized spacial score (nSPS) is 9.10. The summed E-state index contributed by atoms with van der Waals surface area (Å²) < 4.78 is 1.71. The lowest BCUT2D eigenvalue weighted by atomic mass is 10.5. The van der Waals surface area contributed by atoms with Gasteiger partial charge in [0.25, 0.3) is 0 Å². The third-order valence-electron chi connectivity index (χ3n) is 0.897. The smallest absolute Gasteiger partial charge is 0.107 e. The van der Waals surface area contributed by atoms with Crippen LogP contribution in [-0.2, 0) is 6.54 Å². The first-order valence-corrected chi connectivity index (χ1v) is 4.36. The van der Waals surface area contributed by atoms with Gasteiger partial charge < -0.3 is 5.73 Å². The number of hydrogen-bond donors (Lipinski definition) is 1. The van der Waals surface area contributed by atoms with Crippen molar-refractivity contribution < 1.29 is 0 Å². The van der Waals surface area contributed by atoms with E-state index in [2.05, 4.69) is 15.9 Å². The van der Waals surface area contributed by atoms with Gasteiger partial charge >= 0.3 is 0 Å². The molecule has 1 aromatic rings. The summed E-state index contributed by atoms with van der Waals surface area (Å²) in [6.45, 7) is 0.565. The van der Waals surface area contributed by atoms with Crippen molar-refractivity contribution in [1.82, 2.24) is 0 Å². The molecule has 1 heterocycles. The molecule has 0 atom stereocenters. The Morgan fingerprint density at radius 3 is 2.50 bits per heavy atom. The summed E-state index contributed by atoms with van der Waals surface area (Å²) in [6, 6.07) is 1.94. The van der Waals surface area contributed by atoms with Crippen LogP contribution >= 0.6 is 51.3 Å². The van der Waals surface area contributed by atoms with E-state index in [1.54, 1.807) is 0 Å². The van der Waals surface area contributed by atoms with Gasteiger partial charge in [-0.2, -0.15) is 0 Å². The highest BCUT2D eigenvalue weighted by Crippen LogP contribution is 2.31. The lowest BCUT2D eigenvalue weighted by molar-refractivity contribution is 1.11. The molecule has 0 saturated carbocycles. The van der Waals surface area contributed by atoms with Crippen LogP contribution in [0.4, 0.5) is 0 Å². The number of hydrogen-bond acceptors (Lipinski definition) is 2. The second-order valence-corrected chi connectivity index (χ2v) is 4.13. The molecule has 1 nitrogen and oxygen atoms in total. The van der Waals surface area contributed by atoms with Crippen molar-refractivity contribution in [3.63, 3.8) is 0 Å². The van der Waals surface area contributed by atoms with Crippen LogP contribution in [0.3, 0.4) is 0 Å². The number of thiophene rings is 1. The average Bonchev–Trinajstić information content (AvgIpc) is 2.13. The number of halogens is 3. The Hall–Kier alpha value is 0.720. The molecule has 58 valence electrons. The van der Waals surface area contributed by atoms with Crippen molar-refractivity contribution in [2.45, 2.75) is 6.54 Å². The second-order valence-electron chi connectivity index (χ2n) is 1.54. The molecule has 5 heteroatoms. The molecule has 10 heavy (non-hydrogen) atoms. The third kappa shape index (κ3) is 2.40. The van der Waals surface area contributed by atoms with E-state index < -0.39 is 0 Å². The molecule has 0 bridgehead atoms. The summed E-state index contributed by atoms with van der Waals surface area (Å²) in [6.07, 6.45) is 0. The monoisotopic (exact) mass is 261 g/mol. The van der Waals surface area contributed by atoms with E-state index in [-0.39, 0.29) is 12.4 Å². The zero-order valence-electron chi connectivity index (χ0n) is 4.93. The molecule has 0 fully saturated rings. The molecule has 0 aliphatic heterocycles. The fourth-order valence-corrected chi connectivity index (χ4v) is 2.16. The van der Waals surface area contributed by atoms with Gasteiger partial charge in [0.2, 0.25) is 0 Å². The average molecular weight is 263 g/mol. The Morgan fingerprint density at radius 1 is 1.70 bits per heavy atom. The zero-order valence-corrected chi connectivity index (χ0v) is 8.91. The van der Waals surface area contributed by atoms with Crippen LogP contribution in [0, 0.1) is 0 Å². The van der Waals surface area contributed by atoms with Crippen molar-refractivity contribution in [1.29, 1.82) is 0 Å². The van der Waals surface area contributed by atoms with Crippen LogP contribution in [0.1, 0.15) is 4.88 Å². The third-order valence-corrected chi connectivity index (χ3v) is 3.39. The summed E-state index contributed by atoms with van der Waals surface area (Å²) in [5.41, 5.74) is 5.36. The quantitative estimate of drug-likeness (QED) is 0.827. The summed E-state index contributed by atoms with van der Waals surface area (Å²) >= 11 is 10.5. The Kier molecular flexibility index (Phi) is 4.90. The predicted molar refractivity (Wildman–Crippen MR) is 52.2 cm³/mol. The van der Waals surface area contributed by atoms with E-state index in [9.17, 15) is 0 Å². The van der Waals surface area contributed by atoms with E-state index in [1.807, 2.05) is 6.07 Å². The molecule has 0 aliphatic carbocycles. The molecule has 1 aromatic heterocycles. The van der Waals surface area contributed by atoms with Gasteiger partial charge in [0.15, 0.2) is 0 Å². The lowest BCUT2D eigenvalue weighted by Crippen LogP contribution is -1.91. The Balaban J connectivity index is 0.000000810. The maximum Gasteiger partial charge on any atom is 0.107 e. The predicted octanol–water partition coefficient (Wildman–Crippen LogP) is 3.04. The zero-order chi connectivity index (χ0) is 6.85. The highest BCUT2D eigenvalue weighted by Gasteiger charge is 2.00. The Labute approximate surface area is 83.1 Å². The number of nitrogens with two attached hydrogens (primary N) is 1. The summed E-state index contributed by atoms with van der Waals surface area (Å²) in [4.78, 5) is 1.10. The van der Waals surface area contributed by atoms with Gasteiger partial charge in [-0.1, -0.05) is 11.6 Å². The van der Waals surface area contributed by atoms with Crippen LogP contribution in [0.2, 0.25) is 4.34 Å². The van der Waals surface area contributed by atoms with Crippen molar-refractivity contribution in [3.8, 4) is 0 Å². The number of rotatable bonds is 1. The van der Waals surface area contributed by atoms with Crippen LogP contribution < -0.4 is 5.73 Å². The van der Waals surface area contributed by atoms with E-state index >= 15 is 0 Å². The first-order chi connectivity index (χ1) is 4.24. The fraction of sp³-hybridized carbons (Fsp3) is 0.200. The molecule has 0 spiro atoms. The topological polar surface area (TPSA) is 26.0 Å². The first-order valence-electron chi connectivity index (χ1n) is 2.38. The molecular weight excluding hydrogens is 257 g/mol. The second kappa shape index (κ2) is 4.57. The molecule has 0 unspecified atom stereocenters. The fourth-order valence-electron chi connectivity index (χ4n) is 0.492. The van der Waals surface area contributed by atoms with Crippen molar-refractivity contribution in [2.24, 2.45) is 5.73 Å². The van der Waals surface area contributed by atoms with Crippen LogP contribution in [-0.4, -0.2) is 0 Å². The molecule has 0 saturated heterocycles. The first kappa shape index (κ1) is 10.7. The molecule has 0 amide bonds. The molecule has 0 aliphatic rings. The minimum absolute atomic E-state index is 0. The maximum atomic E-state index is 5.72. The molecule has 1 rings (SSSR count). The van der Waals surface area contributed by atoms with Gasteiger partial charge in [-0.15, -0.1) is 23.7 Å². The van der Waals surface area contributed by atoms with Gasteiger partial charge in [0.05, 0.1) is 0 Å². The summed E-state index contributed by atoms with van der Waals surface area (Å²) in [7, 11) is 0. The Bertz CT molecular complexity index is 194.